The molecule has 0 amide bonds. The minimum Gasteiger partial charge on any atom is -0.496 e. The Morgan fingerprint density at radius 2 is 2.18 bits per heavy atom. The van der Waals surface area contributed by atoms with Gasteiger partial charge in [0, 0.05) is 18.4 Å². The summed E-state index contributed by atoms with van der Waals surface area (Å²) in [5.41, 5.74) is 3.14. The topological polar surface area (TPSA) is 27.1 Å². The van der Waals surface area contributed by atoms with Gasteiger partial charge in [-0.25, -0.2) is 0 Å². The number of nitrogens with zero attached hydrogens (tertiary/aromatic N) is 2. The Balaban J connectivity index is 2.45. The minimum absolute atomic E-state index is 0.644. The highest BCUT2D eigenvalue weighted by atomic mass is 79.9. The molecule has 5 heteroatoms. The molecule has 0 aliphatic rings. The van der Waals surface area contributed by atoms with Crippen LogP contribution in [0.15, 0.2) is 28.7 Å². The lowest BCUT2D eigenvalue weighted by Gasteiger charge is -2.06. The number of halogens is 1. The molecule has 0 unspecified atom stereocenters. The molecule has 0 aliphatic carbocycles. The molecule has 1 aromatic heterocycles. The van der Waals surface area contributed by atoms with Crippen molar-refractivity contribution >= 4 is 28.6 Å². The third-order valence-corrected chi connectivity index (χ3v) is 3.48. The Morgan fingerprint density at radius 1 is 1.41 bits per heavy atom. The molecule has 90 valence electrons. The molecule has 3 nitrogen and oxygen atoms in total. The normalized spacial score (nSPS) is 10.6. The summed E-state index contributed by atoms with van der Waals surface area (Å²) < 4.78 is 8.01. The summed E-state index contributed by atoms with van der Waals surface area (Å²) >= 11 is 7.71. The van der Waals surface area contributed by atoms with Crippen molar-refractivity contribution in [3.05, 3.63) is 34.4 Å². The standard InChI is InChI=1S/C12H13BrN2OS/c1-15-11(6-9(7-17)14-15)8-3-4-12(16-2)10(13)5-8/h3-6,17H,7H2,1-2H3. The Morgan fingerprint density at radius 3 is 2.71 bits per heavy atom. The van der Waals surface area contributed by atoms with Gasteiger partial charge < -0.3 is 4.74 Å². The summed E-state index contributed by atoms with van der Waals surface area (Å²) in [6.07, 6.45) is 0. The van der Waals surface area contributed by atoms with Gasteiger partial charge in [-0.2, -0.15) is 17.7 Å². The molecule has 1 heterocycles. The van der Waals surface area contributed by atoms with Crippen molar-refractivity contribution in [1.29, 1.82) is 0 Å². The maximum Gasteiger partial charge on any atom is 0.133 e. The summed E-state index contributed by atoms with van der Waals surface area (Å²) in [7, 11) is 3.59. The highest BCUT2D eigenvalue weighted by Gasteiger charge is 2.08. The van der Waals surface area contributed by atoms with E-state index in [2.05, 4.69) is 33.7 Å². The molecule has 17 heavy (non-hydrogen) atoms. The molecule has 2 rings (SSSR count). The average molecular weight is 313 g/mol. The number of aryl methyl sites for hydroxylation is 1. The van der Waals surface area contributed by atoms with Crippen LogP contribution in [0.1, 0.15) is 5.69 Å². The van der Waals surface area contributed by atoms with Crippen molar-refractivity contribution in [2.45, 2.75) is 5.75 Å². The monoisotopic (exact) mass is 312 g/mol. The van der Waals surface area contributed by atoms with Gasteiger partial charge in [-0.1, -0.05) is 0 Å². The van der Waals surface area contributed by atoms with Crippen LogP contribution in [0.25, 0.3) is 11.3 Å². The van der Waals surface area contributed by atoms with Gasteiger partial charge in [-0.15, -0.1) is 0 Å². The molecule has 0 fully saturated rings. The number of ether oxygens (including phenoxy) is 1. The van der Waals surface area contributed by atoms with Gasteiger partial charge in [0.15, 0.2) is 0 Å². The van der Waals surface area contributed by atoms with E-state index in [1.807, 2.05) is 36.0 Å². The van der Waals surface area contributed by atoms with Crippen LogP contribution in [0.2, 0.25) is 0 Å². The lowest BCUT2D eigenvalue weighted by molar-refractivity contribution is 0.412. The van der Waals surface area contributed by atoms with E-state index in [9.17, 15) is 0 Å². The fraction of sp³-hybridized carbons (Fsp3) is 0.250. The third kappa shape index (κ3) is 2.50. The lowest BCUT2D eigenvalue weighted by Crippen LogP contribution is -1.94. The van der Waals surface area contributed by atoms with Gasteiger partial charge in [-0.05, 0) is 40.2 Å². The molecule has 1 aromatic carbocycles. The molecule has 0 bridgehead atoms. The minimum atomic E-state index is 0.644. The van der Waals surface area contributed by atoms with Crippen molar-refractivity contribution in [3.63, 3.8) is 0 Å². The zero-order valence-electron chi connectivity index (χ0n) is 9.64. The van der Waals surface area contributed by atoms with Gasteiger partial charge in [-0.3, -0.25) is 4.68 Å². The van der Waals surface area contributed by atoms with E-state index >= 15 is 0 Å². The number of benzene rings is 1. The van der Waals surface area contributed by atoms with Crippen LogP contribution in [0, 0.1) is 0 Å². The molecular weight excluding hydrogens is 300 g/mol. The first kappa shape index (κ1) is 12.5. The summed E-state index contributed by atoms with van der Waals surface area (Å²) in [6, 6.07) is 8.02. The predicted octanol–water partition coefficient (Wildman–Crippen LogP) is 3.29. The molecule has 0 aliphatic heterocycles. The van der Waals surface area contributed by atoms with Gasteiger partial charge in [0.25, 0.3) is 0 Å². The zero-order valence-corrected chi connectivity index (χ0v) is 12.1. The number of thiol groups is 1. The fourth-order valence-corrected chi connectivity index (χ4v) is 2.39. The predicted molar refractivity (Wildman–Crippen MR) is 75.6 cm³/mol. The van der Waals surface area contributed by atoms with E-state index in [1.165, 1.54) is 0 Å². The molecule has 2 aromatic rings. The summed E-state index contributed by atoms with van der Waals surface area (Å²) in [5.74, 6) is 1.47. The van der Waals surface area contributed by atoms with Gasteiger partial charge in [0.2, 0.25) is 0 Å². The van der Waals surface area contributed by atoms with E-state index in [-0.39, 0.29) is 0 Å². The van der Waals surface area contributed by atoms with E-state index in [0.717, 1.165) is 27.2 Å². The van der Waals surface area contributed by atoms with Crippen LogP contribution in [-0.4, -0.2) is 16.9 Å². The number of aromatic nitrogens is 2. The van der Waals surface area contributed by atoms with Gasteiger partial charge >= 0.3 is 0 Å². The highest BCUT2D eigenvalue weighted by Crippen LogP contribution is 2.30. The Hall–Kier alpha value is -0.940. The molecule has 0 spiro atoms. The second kappa shape index (κ2) is 5.14. The van der Waals surface area contributed by atoms with Gasteiger partial charge in [0.1, 0.15) is 5.75 Å². The average Bonchev–Trinajstić information content (AvgIpc) is 2.70. The number of hydrogen-bond acceptors (Lipinski definition) is 3. The van der Waals surface area contributed by atoms with E-state index in [1.54, 1.807) is 7.11 Å². The van der Waals surface area contributed by atoms with Crippen molar-refractivity contribution < 1.29 is 4.74 Å². The van der Waals surface area contributed by atoms with Crippen molar-refractivity contribution in [1.82, 2.24) is 9.78 Å². The van der Waals surface area contributed by atoms with Crippen LogP contribution in [0.3, 0.4) is 0 Å². The molecule has 0 saturated heterocycles. The van der Waals surface area contributed by atoms with Crippen LogP contribution < -0.4 is 4.74 Å². The lowest BCUT2D eigenvalue weighted by atomic mass is 10.1. The largest absolute Gasteiger partial charge is 0.496 e. The van der Waals surface area contributed by atoms with Crippen LogP contribution in [-0.2, 0) is 12.8 Å². The second-order valence-corrected chi connectivity index (χ2v) is 4.82. The number of hydrogen-bond donors (Lipinski definition) is 1. The SMILES string of the molecule is COc1ccc(-c2cc(CS)nn2C)cc1Br. The first-order valence-corrected chi connectivity index (χ1v) is 6.56. The number of rotatable bonds is 3. The van der Waals surface area contributed by atoms with E-state index in [0.29, 0.717) is 5.75 Å². The Labute approximate surface area is 114 Å². The zero-order chi connectivity index (χ0) is 12.4. The Kier molecular flexibility index (Phi) is 3.79. The van der Waals surface area contributed by atoms with Crippen molar-refractivity contribution in [2.75, 3.05) is 7.11 Å². The highest BCUT2D eigenvalue weighted by molar-refractivity contribution is 9.10. The molecule has 0 saturated carbocycles. The summed E-state index contributed by atoms with van der Waals surface area (Å²) in [4.78, 5) is 0. The van der Waals surface area contributed by atoms with Crippen molar-refractivity contribution in [3.8, 4) is 17.0 Å². The second-order valence-electron chi connectivity index (χ2n) is 3.65. The maximum absolute atomic E-state index is 5.21. The summed E-state index contributed by atoms with van der Waals surface area (Å²) in [5, 5.41) is 4.37. The van der Waals surface area contributed by atoms with E-state index in [4.69, 9.17) is 4.74 Å². The first-order chi connectivity index (χ1) is 8.15. The van der Waals surface area contributed by atoms with E-state index < -0.39 is 0 Å². The molecular formula is C12H13BrN2OS. The smallest absolute Gasteiger partial charge is 0.133 e. The van der Waals surface area contributed by atoms with Crippen LogP contribution in [0.5, 0.6) is 5.75 Å². The molecule has 0 atom stereocenters. The number of methoxy groups -OCH3 is 1. The summed E-state index contributed by atoms with van der Waals surface area (Å²) in [6.45, 7) is 0. The fourth-order valence-electron chi connectivity index (χ4n) is 1.70. The van der Waals surface area contributed by atoms with Crippen LogP contribution in [0.4, 0.5) is 0 Å². The maximum atomic E-state index is 5.21. The molecule has 0 N–H and O–H groups in total. The van der Waals surface area contributed by atoms with Crippen LogP contribution >= 0.6 is 28.6 Å². The quantitative estimate of drug-likeness (QED) is 0.881. The molecule has 0 radical (unpaired) electrons. The third-order valence-electron chi connectivity index (χ3n) is 2.54. The van der Waals surface area contributed by atoms with Gasteiger partial charge in [0.05, 0.1) is 23.0 Å². The van der Waals surface area contributed by atoms with Crippen molar-refractivity contribution in [2.24, 2.45) is 7.05 Å². The Bertz CT molecular complexity index is 539. The first-order valence-electron chi connectivity index (χ1n) is 5.13.